The summed E-state index contributed by atoms with van der Waals surface area (Å²) in [4.78, 5) is 29.7. The van der Waals surface area contributed by atoms with Gasteiger partial charge in [0.15, 0.2) is 0 Å². The van der Waals surface area contributed by atoms with Crippen molar-refractivity contribution in [1.29, 1.82) is 0 Å². The maximum Gasteiger partial charge on any atom is 0.268 e. The Kier molecular flexibility index (Phi) is 4.66. The maximum atomic E-state index is 12.6. The van der Waals surface area contributed by atoms with Crippen LogP contribution in [0.25, 0.3) is 10.9 Å². The number of benzene rings is 1. The van der Waals surface area contributed by atoms with Crippen LogP contribution in [0.4, 0.5) is 5.82 Å². The molecule has 1 aliphatic heterocycles. The first-order chi connectivity index (χ1) is 13.1. The van der Waals surface area contributed by atoms with Gasteiger partial charge in [-0.15, -0.1) is 0 Å². The van der Waals surface area contributed by atoms with E-state index in [-0.39, 0.29) is 17.5 Å². The van der Waals surface area contributed by atoms with Crippen LogP contribution in [0.15, 0.2) is 47.3 Å². The minimum atomic E-state index is -0.0954. The van der Waals surface area contributed by atoms with Crippen molar-refractivity contribution in [2.75, 3.05) is 18.0 Å². The number of hydrogen-bond acceptors (Lipinski definition) is 4. The number of para-hydroxylation sites is 1. The van der Waals surface area contributed by atoms with Crippen LogP contribution in [0, 0.1) is 0 Å². The Morgan fingerprint density at radius 1 is 1.30 bits per heavy atom. The lowest BCUT2D eigenvalue weighted by molar-refractivity contribution is 0.0929. The van der Waals surface area contributed by atoms with Crippen LogP contribution in [-0.2, 0) is 6.54 Å². The number of rotatable bonds is 4. The number of carbonyl (C=O) groups is 1. The van der Waals surface area contributed by atoms with Crippen LogP contribution in [-0.4, -0.2) is 39.8 Å². The number of fused-ring (bicyclic) bond motifs is 1. The van der Waals surface area contributed by atoms with E-state index in [2.05, 4.69) is 20.3 Å². The minimum Gasteiger partial charge on any atom is -0.353 e. The van der Waals surface area contributed by atoms with Crippen molar-refractivity contribution in [3.05, 3.63) is 58.5 Å². The standard InChI is InChI=1S/C20H23N5O2/c1-2-25-19(26)10-9-18(23-25)24-11-5-7-15(13-24)21-20(27)17-12-14-6-3-4-8-16(14)22-17/h3-4,6,8-10,12,15,22H,2,5,7,11,13H2,1H3,(H,21,27). The van der Waals surface area contributed by atoms with Gasteiger partial charge in [-0.1, -0.05) is 18.2 Å². The molecule has 2 aromatic heterocycles. The highest BCUT2D eigenvalue weighted by molar-refractivity contribution is 5.98. The summed E-state index contributed by atoms with van der Waals surface area (Å²) in [5.74, 6) is 0.686. The number of aromatic nitrogens is 3. The lowest BCUT2D eigenvalue weighted by atomic mass is 10.1. The Morgan fingerprint density at radius 3 is 2.96 bits per heavy atom. The molecule has 1 atom stereocenters. The first-order valence-electron chi connectivity index (χ1n) is 9.36. The van der Waals surface area contributed by atoms with Crippen LogP contribution in [0.5, 0.6) is 0 Å². The summed E-state index contributed by atoms with van der Waals surface area (Å²) in [5, 5.41) is 8.58. The Bertz CT molecular complexity index is 989. The second-order valence-corrected chi connectivity index (χ2v) is 6.87. The molecule has 4 rings (SSSR count). The zero-order valence-corrected chi connectivity index (χ0v) is 15.3. The lowest BCUT2D eigenvalue weighted by Crippen LogP contribution is -2.48. The molecule has 1 aliphatic rings. The van der Waals surface area contributed by atoms with Gasteiger partial charge in [-0.05, 0) is 38.0 Å². The Balaban J connectivity index is 1.46. The molecule has 1 unspecified atom stereocenters. The number of anilines is 1. The quantitative estimate of drug-likeness (QED) is 0.742. The number of nitrogens with one attached hydrogen (secondary N) is 2. The first kappa shape index (κ1) is 17.3. The van der Waals surface area contributed by atoms with Crippen LogP contribution >= 0.6 is 0 Å². The number of aryl methyl sites for hydroxylation is 1. The molecule has 1 fully saturated rings. The number of aromatic amines is 1. The third-order valence-electron chi connectivity index (χ3n) is 5.01. The summed E-state index contributed by atoms with van der Waals surface area (Å²) in [7, 11) is 0. The Labute approximate surface area is 157 Å². The van der Waals surface area contributed by atoms with E-state index in [4.69, 9.17) is 0 Å². The highest BCUT2D eigenvalue weighted by Gasteiger charge is 2.23. The van der Waals surface area contributed by atoms with Gasteiger partial charge in [0.2, 0.25) is 0 Å². The number of hydrogen-bond donors (Lipinski definition) is 2. The number of piperidine rings is 1. The van der Waals surface area contributed by atoms with E-state index in [9.17, 15) is 9.59 Å². The molecule has 1 aromatic carbocycles. The van der Waals surface area contributed by atoms with Crippen molar-refractivity contribution >= 4 is 22.6 Å². The third kappa shape index (κ3) is 3.58. The van der Waals surface area contributed by atoms with E-state index in [1.165, 1.54) is 4.68 Å². The van der Waals surface area contributed by atoms with Crippen molar-refractivity contribution in [1.82, 2.24) is 20.1 Å². The largest absolute Gasteiger partial charge is 0.353 e. The van der Waals surface area contributed by atoms with Gasteiger partial charge in [0.25, 0.3) is 11.5 Å². The fourth-order valence-electron chi connectivity index (χ4n) is 3.60. The molecular weight excluding hydrogens is 342 g/mol. The number of amides is 1. The second-order valence-electron chi connectivity index (χ2n) is 6.87. The lowest BCUT2D eigenvalue weighted by Gasteiger charge is -2.33. The van der Waals surface area contributed by atoms with Gasteiger partial charge >= 0.3 is 0 Å². The van der Waals surface area contributed by atoms with Gasteiger partial charge in [0.1, 0.15) is 11.5 Å². The van der Waals surface area contributed by atoms with Gasteiger partial charge < -0.3 is 15.2 Å². The smallest absolute Gasteiger partial charge is 0.268 e. The fraction of sp³-hybridized carbons (Fsp3) is 0.350. The molecule has 3 aromatic rings. The normalized spacial score (nSPS) is 17.2. The van der Waals surface area contributed by atoms with E-state index in [1.54, 1.807) is 12.1 Å². The molecule has 3 heterocycles. The summed E-state index contributed by atoms with van der Waals surface area (Å²) in [6.45, 7) is 3.99. The van der Waals surface area contributed by atoms with Crippen molar-refractivity contribution in [3.8, 4) is 0 Å². The predicted molar refractivity (Wildman–Crippen MR) is 105 cm³/mol. The van der Waals surface area contributed by atoms with E-state index in [0.717, 1.165) is 36.1 Å². The van der Waals surface area contributed by atoms with E-state index >= 15 is 0 Å². The predicted octanol–water partition coefficient (Wildman–Crippen LogP) is 2.14. The molecule has 140 valence electrons. The zero-order valence-electron chi connectivity index (χ0n) is 15.3. The zero-order chi connectivity index (χ0) is 18.8. The second kappa shape index (κ2) is 7.26. The van der Waals surface area contributed by atoms with E-state index in [1.807, 2.05) is 37.3 Å². The fourth-order valence-corrected chi connectivity index (χ4v) is 3.60. The SMILES string of the molecule is CCn1nc(N2CCCC(NC(=O)c3cc4ccccc4[nH]3)C2)ccc1=O. The van der Waals surface area contributed by atoms with Crippen LogP contribution < -0.4 is 15.8 Å². The third-order valence-corrected chi connectivity index (χ3v) is 5.01. The van der Waals surface area contributed by atoms with Gasteiger partial charge in [0, 0.05) is 42.6 Å². The molecule has 0 spiro atoms. The monoisotopic (exact) mass is 365 g/mol. The van der Waals surface area contributed by atoms with Gasteiger partial charge in [0.05, 0.1) is 0 Å². The maximum absolute atomic E-state index is 12.6. The van der Waals surface area contributed by atoms with E-state index < -0.39 is 0 Å². The van der Waals surface area contributed by atoms with Gasteiger partial charge in [-0.2, -0.15) is 5.10 Å². The Hall–Kier alpha value is -3.09. The highest BCUT2D eigenvalue weighted by atomic mass is 16.2. The average molecular weight is 365 g/mol. The molecule has 2 N–H and O–H groups in total. The topological polar surface area (TPSA) is 83.0 Å². The van der Waals surface area contributed by atoms with Crippen LogP contribution in [0.3, 0.4) is 0 Å². The van der Waals surface area contributed by atoms with E-state index in [0.29, 0.717) is 18.8 Å². The summed E-state index contributed by atoms with van der Waals surface area (Å²) < 4.78 is 1.46. The molecule has 0 bridgehead atoms. The van der Waals surface area contributed by atoms with Gasteiger partial charge in [-0.3, -0.25) is 9.59 Å². The Morgan fingerprint density at radius 2 is 2.15 bits per heavy atom. The molecule has 1 saturated heterocycles. The van der Waals surface area contributed by atoms with Crippen molar-refractivity contribution in [3.63, 3.8) is 0 Å². The van der Waals surface area contributed by atoms with Crippen LogP contribution in [0.1, 0.15) is 30.3 Å². The summed E-state index contributed by atoms with van der Waals surface area (Å²) in [6.07, 6.45) is 1.89. The summed E-state index contributed by atoms with van der Waals surface area (Å²) in [6, 6.07) is 13.1. The molecule has 0 aliphatic carbocycles. The molecule has 7 heteroatoms. The summed E-state index contributed by atoms with van der Waals surface area (Å²) in [5.41, 5.74) is 1.44. The van der Waals surface area contributed by atoms with Gasteiger partial charge in [-0.25, -0.2) is 4.68 Å². The number of carbonyl (C=O) groups excluding carboxylic acids is 1. The molecule has 27 heavy (non-hydrogen) atoms. The number of nitrogens with zero attached hydrogens (tertiary/aromatic N) is 3. The number of H-pyrrole nitrogens is 1. The minimum absolute atomic E-state index is 0.0430. The van der Waals surface area contributed by atoms with Crippen molar-refractivity contribution in [2.24, 2.45) is 0 Å². The summed E-state index contributed by atoms with van der Waals surface area (Å²) >= 11 is 0. The molecule has 7 nitrogen and oxygen atoms in total. The highest BCUT2D eigenvalue weighted by Crippen LogP contribution is 2.18. The average Bonchev–Trinajstić information content (AvgIpc) is 3.13. The molecule has 0 radical (unpaired) electrons. The molecular formula is C20H23N5O2. The molecule has 0 saturated carbocycles. The van der Waals surface area contributed by atoms with Crippen molar-refractivity contribution in [2.45, 2.75) is 32.4 Å². The van der Waals surface area contributed by atoms with Crippen molar-refractivity contribution < 1.29 is 4.79 Å². The van der Waals surface area contributed by atoms with Crippen LogP contribution in [0.2, 0.25) is 0 Å². The first-order valence-corrected chi connectivity index (χ1v) is 9.36. The molecule has 1 amide bonds.